The van der Waals surface area contributed by atoms with Gasteiger partial charge in [0, 0.05) is 29.3 Å². The molecule has 1 aromatic carbocycles. The maximum Gasteiger partial charge on any atom is 0.275 e. The average molecular weight is 301 g/mol. The molecular formula is C16H19N3OS. The summed E-state index contributed by atoms with van der Waals surface area (Å²) in [5.74, 6) is -0.148. The molecule has 3 rings (SSSR count). The number of benzene rings is 1. The molecule has 5 heteroatoms. The Labute approximate surface area is 129 Å². The summed E-state index contributed by atoms with van der Waals surface area (Å²) in [6.45, 7) is 4.20. The van der Waals surface area contributed by atoms with Gasteiger partial charge in [-0.05, 0) is 68.1 Å². The van der Waals surface area contributed by atoms with Crippen molar-refractivity contribution in [1.82, 2.24) is 4.37 Å². The molecule has 0 spiro atoms. The Balaban J connectivity index is 1.65. The van der Waals surface area contributed by atoms with Crippen molar-refractivity contribution in [2.45, 2.75) is 26.2 Å². The van der Waals surface area contributed by atoms with E-state index in [0.717, 1.165) is 23.7 Å². The van der Waals surface area contributed by atoms with Crippen LogP contribution in [0.15, 0.2) is 30.3 Å². The molecule has 4 nitrogen and oxygen atoms in total. The number of hydrogen-bond donors (Lipinski definition) is 1. The van der Waals surface area contributed by atoms with Crippen molar-refractivity contribution in [2.24, 2.45) is 0 Å². The van der Waals surface area contributed by atoms with Crippen molar-refractivity contribution in [1.29, 1.82) is 0 Å². The van der Waals surface area contributed by atoms with Crippen molar-refractivity contribution in [3.05, 3.63) is 40.9 Å². The van der Waals surface area contributed by atoms with Crippen LogP contribution in [0.25, 0.3) is 0 Å². The van der Waals surface area contributed by atoms with E-state index in [2.05, 4.69) is 26.7 Å². The van der Waals surface area contributed by atoms with Crippen molar-refractivity contribution < 1.29 is 4.79 Å². The lowest BCUT2D eigenvalue weighted by Gasteiger charge is -2.28. The molecule has 0 bridgehead atoms. The number of nitrogens with one attached hydrogen (secondary N) is 1. The number of piperidine rings is 1. The normalized spacial score (nSPS) is 15.0. The Morgan fingerprint density at radius 3 is 2.52 bits per heavy atom. The van der Waals surface area contributed by atoms with Gasteiger partial charge in [-0.3, -0.25) is 4.79 Å². The second-order valence-electron chi connectivity index (χ2n) is 5.37. The molecule has 1 saturated heterocycles. The first-order valence-corrected chi connectivity index (χ1v) is 8.09. The molecule has 110 valence electrons. The number of carbonyl (C=O) groups excluding carboxylic acids is 1. The maximum absolute atomic E-state index is 12.0. The molecule has 2 aromatic rings. The van der Waals surface area contributed by atoms with E-state index in [9.17, 15) is 4.79 Å². The zero-order valence-corrected chi connectivity index (χ0v) is 12.9. The van der Waals surface area contributed by atoms with Gasteiger partial charge in [-0.15, -0.1) is 0 Å². The number of hydrogen-bond acceptors (Lipinski definition) is 4. The maximum atomic E-state index is 12.0. The fourth-order valence-electron chi connectivity index (χ4n) is 2.58. The first kappa shape index (κ1) is 14.1. The number of carbonyl (C=O) groups is 1. The lowest BCUT2D eigenvalue weighted by Crippen LogP contribution is -2.29. The molecule has 0 saturated carbocycles. The van der Waals surface area contributed by atoms with Crippen LogP contribution in [0.4, 0.5) is 11.4 Å². The zero-order chi connectivity index (χ0) is 14.7. The molecule has 1 amide bonds. The zero-order valence-electron chi connectivity index (χ0n) is 12.1. The van der Waals surface area contributed by atoms with E-state index in [0.29, 0.717) is 5.69 Å². The molecule has 2 heterocycles. The molecule has 0 aliphatic carbocycles. The molecule has 21 heavy (non-hydrogen) atoms. The second kappa shape index (κ2) is 6.26. The molecule has 1 aromatic heterocycles. The summed E-state index contributed by atoms with van der Waals surface area (Å²) in [6, 6.07) is 9.88. The summed E-state index contributed by atoms with van der Waals surface area (Å²) in [5, 5.41) is 2.89. The Morgan fingerprint density at radius 1 is 1.19 bits per heavy atom. The van der Waals surface area contributed by atoms with Crippen LogP contribution in [0.5, 0.6) is 0 Å². The molecular weight excluding hydrogens is 282 g/mol. The largest absolute Gasteiger partial charge is 0.372 e. The first-order chi connectivity index (χ1) is 10.2. The molecule has 0 unspecified atom stereocenters. The minimum Gasteiger partial charge on any atom is -0.372 e. The Morgan fingerprint density at radius 2 is 1.90 bits per heavy atom. The summed E-state index contributed by atoms with van der Waals surface area (Å²) in [5.41, 5.74) is 2.53. The lowest BCUT2D eigenvalue weighted by atomic mass is 10.1. The van der Waals surface area contributed by atoms with E-state index >= 15 is 0 Å². The highest BCUT2D eigenvalue weighted by Gasteiger charge is 2.12. The third-order valence-electron chi connectivity index (χ3n) is 3.71. The van der Waals surface area contributed by atoms with E-state index in [-0.39, 0.29) is 5.91 Å². The predicted molar refractivity (Wildman–Crippen MR) is 87.3 cm³/mol. The SMILES string of the molecule is Cc1cc(C(=O)Nc2ccc(N3CCCCC3)cc2)ns1. The summed E-state index contributed by atoms with van der Waals surface area (Å²) >= 11 is 1.35. The van der Waals surface area contributed by atoms with Gasteiger partial charge >= 0.3 is 0 Å². The standard InChI is InChI=1S/C16H19N3OS/c1-12-11-15(18-21-12)16(20)17-13-5-7-14(8-6-13)19-9-3-2-4-10-19/h5-8,11H,2-4,9-10H2,1H3,(H,17,20). The van der Waals surface area contributed by atoms with Crippen LogP contribution < -0.4 is 10.2 Å². The number of nitrogens with zero attached hydrogens (tertiary/aromatic N) is 2. The van der Waals surface area contributed by atoms with E-state index < -0.39 is 0 Å². The van der Waals surface area contributed by atoms with Crippen molar-refractivity contribution in [2.75, 3.05) is 23.3 Å². The second-order valence-corrected chi connectivity index (χ2v) is 6.38. The smallest absolute Gasteiger partial charge is 0.275 e. The van der Waals surface area contributed by atoms with Crippen LogP contribution in [0.3, 0.4) is 0 Å². The number of amides is 1. The van der Waals surface area contributed by atoms with Gasteiger partial charge in [0.05, 0.1) is 0 Å². The van der Waals surface area contributed by atoms with Gasteiger partial charge in [0.2, 0.25) is 0 Å². The molecule has 0 radical (unpaired) electrons. The summed E-state index contributed by atoms with van der Waals surface area (Å²) in [6.07, 6.45) is 3.86. The van der Waals surface area contributed by atoms with Crippen LogP contribution in [0, 0.1) is 6.92 Å². The lowest BCUT2D eigenvalue weighted by molar-refractivity contribution is 0.102. The van der Waals surface area contributed by atoms with Gasteiger partial charge < -0.3 is 10.2 Å². The Kier molecular flexibility index (Phi) is 4.20. The summed E-state index contributed by atoms with van der Waals surface area (Å²) in [4.78, 5) is 15.5. The quantitative estimate of drug-likeness (QED) is 0.940. The minimum atomic E-state index is -0.148. The summed E-state index contributed by atoms with van der Waals surface area (Å²) in [7, 11) is 0. The fraction of sp³-hybridized carbons (Fsp3) is 0.375. The molecule has 1 aliphatic heterocycles. The van der Waals surface area contributed by atoms with Gasteiger partial charge in [-0.1, -0.05) is 0 Å². The predicted octanol–water partition coefficient (Wildman–Crippen LogP) is 3.69. The first-order valence-electron chi connectivity index (χ1n) is 7.32. The van der Waals surface area contributed by atoms with Gasteiger partial charge in [-0.25, -0.2) is 0 Å². The highest BCUT2D eigenvalue weighted by molar-refractivity contribution is 7.05. The van der Waals surface area contributed by atoms with Crippen LogP contribution in [-0.2, 0) is 0 Å². The average Bonchev–Trinajstić information content (AvgIpc) is 2.96. The molecule has 1 aliphatic rings. The fourth-order valence-corrected chi connectivity index (χ4v) is 3.12. The monoisotopic (exact) mass is 301 g/mol. The van der Waals surface area contributed by atoms with Crippen LogP contribution in [-0.4, -0.2) is 23.4 Å². The van der Waals surface area contributed by atoms with Crippen LogP contribution in [0.2, 0.25) is 0 Å². The van der Waals surface area contributed by atoms with Gasteiger partial charge in [-0.2, -0.15) is 4.37 Å². The topological polar surface area (TPSA) is 45.2 Å². The van der Waals surface area contributed by atoms with E-state index in [1.165, 1.54) is 36.5 Å². The minimum absolute atomic E-state index is 0.148. The third-order valence-corrected chi connectivity index (χ3v) is 4.40. The number of rotatable bonds is 3. The Bertz CT molecular complexity index is 615. The van der Waals surface area contributed by atoms with Gasteiger partial charge in [0.25, 0.3) is 5.91 Å². The number of aryl methyl sites for hydroxylation is 1. The third kappa shape index (κ3) is 3.42. The van der Waals surface area contributed by atoms with E-state index in [1.54, 1.807) is 0 Å². The van der Waals surface area contributed by atoms with E-state index in [4.69, 9.17) is 0 Å². The van der Waals surface area contributed by atoms with Gasteiger partial charge in [0.15, 0.2) is 0 Å². The van der Waals surface area contributed by atoms with Crippen LogP contribution in [0.1, 0.15) is 34.6 Å². The molecule has 1 fully saturated rings. The summed E-state index contributed by atoms with van der Waals surface area (Å²) < 4.78 is 4.12. The van der Waals surface area contributed by atoms with E-state index in [1.807, 2.05) is 25.1 Å². The molecule has 1 N–H and O–H groups in total. The molecule has 0 atom stereocenters. The number of anilines is 2. The van der Waals surface area contributed by atoms with Crippen molar-refractivity contribution >= 4 is 28.8 Å². The Hall–Kier alpha value is -1.88. The number of aromatic nitrogens is 1. The van der Waals surface area contributed by atoms with Crippen molar-refractivity contribution in [3.8, 4) is 0 Å². The van der Waals surface area contributed by atoms with Crippen LogP contribution >= 0.6 is 11.5 Å². The highest BCUT2D eigenvalue weighted by Crippen LogP contribution is 2.22. The van der Waals surface area contributed by atoms with Gasteiger partial charge in [0.1, 0.15) is 5.69 Å². The highest BCUT2D eigenvalue weighted by atomic mass is 32.1. The van der Waals surface area contributed by atoms with Crippen molar-refractivity contribution in [3.63, 3.8) is 0 Å².